The van der Waals surface area contributed by atoms with Gasteiger partial charge in [-0.2, -0.15) is 0 Å². The van der Waals surface area contributed by atoms with Gasteiger partial charge in [-0.25, -0.2) is 0 Å². The van der Waals surface area contributed by atoms with Gasteiger partial charge in [0, 0.05) is 25.5 Å². The first-order valence-corrected chi connectivity index (χ1v) is 5.38. The molecule has 76 valence electrons. The Morgan fingerprint density at radius 3 is 2.93 bits per heavy atom. The van der Waals surface area contributed by atoms with Crippen molar-refractivity contribution in [3.05, 3.63) is 30.1 Å². The highest BCUT2D eigenvalue weighted by Gasteiger charge is 2.30. The Balaban J connectivity index is 1.73. The van der Waals surface area contributed by atoms with Gasteiger partial charge in [0.2, 0.25) is 0 Å². The number of nitrogens with one attached hydrogen (secondary N) is 1. The highest BCUT2D eigenvalue weighted by Crippen LogP contribution is 2.39. The Morgan fingerprint density at radius 2 is 2.36 bits per heavy atom. The van der Waals surface area contributed by atoms with Crippen molar-refractivity contribution >= 4 is 0 Å². The lowest BCUT2D eigenvalue weighted by Crippen LogP contribution is -2.36. The number of pyridine rings is 1. The normalized spacial score (nSPS) is 18.9. The minimum Gasteiger partial charge on any atom is -0.312 e. The Labute approximate surface area is 85.7 Å². The molecule has 1 fully saturated rings. The van der Waals surface area contributed by atoms with E-state index in [-0.39, 0.29) is 0 Å². The monoisotopic (exact) mass is 190 g/mol. The third-order valence-electron chi connectivity index (χ3n) is 3.16. The molecular weight excluding hydrogens is 172 g/mol. The van der Waals surface area contributed by atoms with Gasteiger partial charge in [-0.05, 0) is 29.9 Å². The summed E-state index contributed by atoms with van der Waals surface area (Å²) in [5, 5.41) is 3.50. The van der Waals surface area contributed by atoms with Gasteiger partial charge < -0.3 is 5.32 Å². The van der Waals surface area contributed by atoms with E-state index in [0.29, 0.717) is 5.41 Å². The minimum absolute atomic E-state index is 0.572. The Kier molecular flexibility index (Phi) is 2.82. The lowest BCUT2D eigenvalue weighted by atomic mass is 9.70. The van der Waals surface area contributed by atoms with Crippen LogP contribution in [0.4, 0.5) is 0 Å². The van der Waals surface area contributed by atoms with Crippen LogP contribution in [0, 0.1) is 5.41 Å². The van der Waals surface area contributed by atoms with Crippen molar-refractivity contribution in [1.82, 2.24) is 10.3 Å². The zero-order valence-electron chi connectivity index (χ0n) is 8.79. The van der Waals surface area contributed by atoms with Crippen LogP contribution in [0.15, 0.2) is 24.5 Å². The summed E-state index contributed by atoms with van der Waals surface area (Å²) in [4.78, 5) is 4.09. The van der Waals surface area contributed by atoms with Crippen molar-refractivity contribution in [3.8, 4) is 0 Å². The molecular formula is C12H18N2. The van der Waals surface area contributed by atoms with Crippen LogP contribution in [0.1, 0.15) is 31.7 Å². The first-order valence-electron chi connectivity index (χ1n) is 5.38. The zero-order chi connectivity index (χ0) is 9.86. The predicted octanol–water partition coefficient (Wildman–Crippen LogP) is 2.36. The lowest BCUT2D eigenvalue weighted by molar-refractivity contribution is 0.156. The summed E-state index contributed by atoms with van der Waals surface area (Å²) in [5.74, 6) is 0. The van der Waals surface area contributed by atoms with Gasteiger partial charge in [0.05, 0.1) is 0 Å². The summed E-state index contributed by atoms with van der Waals surface area (Å²) in [7, 11) is 0. The highest BCUT2D eigenvalue weighted by molar-refractivity contribution is 5.07. The first-order chi connectivity index (χ1) is 6.79. The van der Waals surface area contributed by atoms with E-state index in [4.69, 9.17) is 0 Å². The molecule has 1 aliphatic carbocycles. The Morgan fingerprint density at radius 1 is 1.50 bits per heavy atom. The van der Waals surface area contributed by atoms with Gasteiger partial charge in [-0.15, -0.1) is 0 Å². The largest absolute Gasteiger partial charge is 0.312 e. The summed E-state index contributed by atoms with van der Waals surface area (Å²) in [5.41, 5.74) is 1.85. The molecule has 0 aromatic carbocycles. The Hall–Kier alpha value is -0.890. The van der Waals surface area contributed by atoms with Crippen molar-refractivity contribution in [1.29, 1.82) is 0 Å². The van der Waals surface area contributed by atoms with Crippen molar-refractivity contribution in [2.75, 3.05) is 6.54 Å². The highest BCUT2D eigenvalue weighted by atomic mass is 14.9. The van der Waals surface area contributed by atoms with Crippen LogP contribution in [-0.2, 0) is 6.54 Å². The molecule has 1 aromatic rings. The molecule has 1 N–H and O–H groups in total. The van der Waals surface area contributed by atoms with Gasteiger partial charge in [-0.3, -0.25) is 4.98 Å². The third-order valence-corrected chi connectivity index (χ3v) is 3.16. The molecule has 14 heavy (non-hydrogen) atoms. The summed E-state index contributed by atoms with van der Waals surface area (Å²) < 4.78 is 0. The molecule has 1 aromatic heterocycles. The van der Waals surface area contributed by atoms with E-state index < -0.39 is 0 Å². The van der Waals surface area contributed by atoms with Crippen molar-refractivity contribution in [3.63, 3.8) is 0 Å². The molecule has 0 bridgehead atoms. The van der Waals surface area contributed by atoms with Crippen molar-refractivity contribution in [2.45, 2.75) is 32.7 Å². The smallest absolute Gasteiger partial charge is 0.0312 e. The van der Waals surface area contributed by atoms with Gasteiger partial charge in [0.25, 0.3) is 0 Å². The topological polar surface area (TPSA) is 24.9 Å². The number of hydrogen-bond acceptors (Lipinski definition) is 2. The summed E-state index contributed by atoms with van der Waals surface area (Å²) in [6.45, 7) is 4.46. The molecule has 2 rings (SSSR count). The van der Waals surface area contributed by atoms with Gasteiger partial charge in [-0.1, -0.05) is 19.4 Å². The van der Waals surface area contributed by atoms with E-state index >= 15 is 0 Å². The summed E-state index contributed by atoms with van der Waals surface area (Å²) in [6.07, 6.45) is 7.91. The SMILES string of the molecule is CC1(CNCc2cccnc2)CCC1. The molecule has 0 unspecified atom stereocenters. The van der Waals surface area contributed by atoms with Crippen LogP contribution >= 0.6 is 0 Å². The van der Waals surface area contributed by atoms with E-state index in [2.05, 4.69) is 23.3 Å². The molecule has 1 heterocycles. The van der Waals surface area contributed by atoms with Crippen molar-refractivity contribution < 1.29 is 0 Å². The molecule has 0 radical (unpaired) electrons. The van der Waals surface area contributed by atoms with Crippen molar-refractivity contribution in [2.24, 2.45) is 5.41 Å². The van der Waals surface area contributed by atoms with E-state index in [1.54, 1.807) is 0 Å². The van der Waals surface area contributed by atoms with E-state index in [1.165, 1.54) is 24.8 Å². The van der Waals surface area contributed by atoms with E-state index in [9.17, 15) is 0 Å². The van der Waals surface area contributed by atoms with Gasteiger partial charge >= 0.3 is 0 Å². The van der Waals surface area contributed by atoms with Crippen LogP contribution in [0.25, 0.3) is 0 Å². The van der Waals surface area contributed by atoms with Gasteiger partial charge in [0.1, 0.15) is 0 Å². The second-order valence-electron chi connectivity index (χ2n) is 4.63. The number of rotatable bonds is 4. The Bertz CT molecular complexity index is 278. The minimum atomic E-state index is 0.572. The fourth-order valence-corrected chi connectivity index (χ4v) is 1.97. The lowest BCUT2D eigenvalue weighted by Gasteiger charge is -2.38. The van der Waals surface area contributed by atoms with Crippen LogP contribution in [0.2, 0.25) is 0 Å². The summed E-state index contributed by atoms with van der Waals surface area (Å²) in [6, 6.07) is 4.10. The quantitative estimate of drug-likeness (QED) is 0.788. The molecule has 0 amide bonds. The van der Waals surface area contributed by atoms with E-state index in [0.717, 1.165) is 13.1 Å². The van der Waals surface area contributed by atoms with Crippen LogP contribution < -0.4 is 5.32 Å². The fourth-order valence-electron chi connectivity index (χ4n) is 1.97. The fraction of sp³-hybridized carbons (Fsp3) is 0.583. The average molecular weight is 190 g/mol. The molecule has 0 saturated heterocycles. The number of hydrogen-bond donors (Lipinski definition) is 1. The number of nitrogens with zero attached hydrogens (tertiary/aromatic N) is 1. The standard InChI is InChI=1S/C12H18N2/c1-12(5-3-6-12)10-14-9-11-4-2-7-13-8-11/h2,4,7-8,14H,3,5-6,9-10H2,1H3. The van der Waals surface area contributed by atoms with E-state index in [1.807, 2.05) is 18.5 Å². The molecule has 0 spiro atoms. The molecule has 1 saturated carbocycles. The van der Waals surface area contributed by atoms with Gasteiger partial charge in [0.15, 0.2) is 0 Å². The van der Waals surface area contributed by atoms with Crippen LogP contribution in [0.3, 0.4) is 0 Å². The molecule has 2 heteroatoms. The molecule has 0 atom stereocenters. The third kappa shape index (κ3) is 2.32. The zero-order valence-corrected chi connectivity index (χ0v) is 8.79. The molecule has 2 nitrogen and oxygen atoms in total. The molecule has 0 aliphatic heterocycles. The second kappa shape index (κ2) is 4.09. The number of aromatic nitrogens is 1. The maximum atomic E-state index is 4.09. The maximum absolute atomic E-state index is 4.09. The second-order valence-corrected chi connectivity index (χ2v) is 4.63. The first kappa shape index (κ1) is 9.66. The van der Waals surface area contributed by atoms with Crippen LogP contribution in [-0.4, -0.2) is 11.5 Å². The average Bonchev–Trinajstić information content (AvgIpc) is 2.17. The summed E-state index contributed by atoms with van der Waals surface area (Å²) >= 11 is 0. The maximum Gasteiger partial charge on any atom is 0.0312 e. The van der Waals surface area contributed by atoms with Crippen LogP contribution in [0.5, 0.6) is 0 Å². The molecule has 1 aliphatic rings. The predicted molar refractivity (Wildman–Crippen MR) is 57.9 cm³/mol.